The summed E-state index contributed by atoms with van der Waals surface area (Å²) in [4.78, 5) is 22.1. The summed E-state index contributed by atoms with van der Waals surface area (Å²) >= 11 is 5.81. The minimum atomic E-state index is -3.02. The molecule has 0 heterocycles. The second-order valence-electron chi connectivity index (χ2n) is 4.00. The quantitative estimate of drug-likeness (QED) is 0.393. The summed E-state index contributed by atoms with van der Waals surface area (Å²) in [7, 11) is 0.258. The zero-order chi connectivity index (χ0) is 15.1. The Morgan fingerprint density at radius 3 is 2.45 bits per heavy atom. The Bertz CT molecular complexity index is 552. The Hall–Kier alpha value is -1.55. The smallest absolute Gasteiger partial charge is 0.364 e. The fourth-order valence-corrected chi connectivity index (χ4v) is 1.72. The second-order valence-corrected chi connectivity index (χ2v) is 5.20. The van der Waals surface area contributed by atoms with Crippen LogP contribution in [0.1, 0.15) is 5.56 Å². The highest BCUT2D eigenvalue weighted by atomic mass is 35.5. The molecule has 1 rings (SSSR count). The summed E-state index contributed by atoms with van der Waals surface area (Å²) in [5, 5.41) is 0.572. The summed E-state index contributed by atoms with van der Waals surface area (Å²) in [6.07, 6.45) is 3.97. The Morgan fingerprint density at radius 1 is 1.35 bits per heavy atom. The molecule has 0 spiro atoms. The van der Waals surface area contributed by atoms with E-state index in [1.165, 1.54) is 17.1 Å². The lowest BCUT2D eigenvalue weighted by Crippen LogP contribution is -2.22. The van der Waals surface area contributed by atoms with Crippen molar-refractivity contribution in [2.45, 2.75) is 0 Å². The van der Waals surface area contributed by atoms with Gasteiger partial charge in [-0.05, 0) is 29.8 Å². The van der Waals surface area contributed by atoms with Crippen molar-refractivity contribution < 1.29 is 18.8 Å². The maximum Gasteiger partial charge on any atom is 0.364 e. The van der Waals surface area contributed by atoms with Gasteiger partial charge in [0, 0.05) is 24.7 Å². The summed E-state index contributed by atoms with van der Waals surface area (Å²) in [5.74, 6) is -0.200. The molecule has 0 aliphatic rings. The molecule has 108 valence electrons. The van der Waals surface area contributed by atoms with E-state index in [0.29, 0.717) is 16.2 Å². The maximum absolute atomic E-state index is 12.1. The van der Waals surface area contributed by atoms with Crippen molar-refractivity contribution in [2.24, 2.45) is 0 Å². The number of halogens is 1. The van der Waals surface area contributed by atoms with Gasteiger partial charge in [0.25, 0.3) is 5.91 Å². The lowest BCUT2D eigenvalue weighted by molar-refractivity contribution is -0.122. The number of nitrogens with zero attached hydrogens (tertiary/aromatic N) is 1. The van der Waals surface area contributed by atoms with E-state index in [9.17, 15) is 9.36 Å². The monoisotopic (exact) mass is 315 g/mol. The van der Waals surface area contributed by atoms with Gasteiger partial charge in [0.05, 0.1) is 6.26 Å². The average molecular weight is 316 g/mol. The number of amides is 1. The van der Waals surface area contributed by atoms with Crippen molar-refractivity contribution in [2.75, 3.05) is 14.1 Å². The molecule has 0 bridgehead atoms. The molecule has 0 fully saturated rings. The molecule has 1 unspecified atom stereocenters. The number of rotatable bonds is 5. The van der Waals surface area contributed by atoms with E-state index in [1.807, 2.05) is 0 Å². The zero-order valence-corrected chi connectivity index (χ0v) is 12.8. The van der Waals surface area contributed by atoms with E-state index >= 15 is 0 Å². The third kappa shape index (κ3) is 5.21. The molecule has 0 saturated carbocycles. The first kappa shape index (κ1) is 16.5. The van der Waals surface area contributed by atoms with Gasteiger partial charge >= 0.3 is 8.25 Å². The van der Waals surface area contributed by atoms with Crippen molar-refractivity contribution in [1.82, 2.24) is 4.90 Å². The number of allylic oxidation sites excluding steroid dienone is 2. The van der Waals surface area contributed by atoms with Crippen molar-refractivity contribution in [3.05, 3.63) is 53.3 Å². The van der Waals surface area contributed by atoms with E-state index in [0.717, 1.165) is 6.26 Å². The zero-order valence-electron chi connectivity index (χ0n) is 11.0. The van der Waals surface area contributed by atoms with E-state index in [1.54, 1.807) is 38.4 Å². The van der Waals surface area contributed by atoms with E-state index in [-0.39, 0.29) is 5.91 Å². The van der Waals surface area contributed by atoms with Crippen molar-refractivity contribution in [3.63, 3.8) is 0 Å². The Morgan fingerprint density at radius 2 is 1.95 bits per heavy atom. The maximum atomic E-state index is 12.1. The van der Waals surface area contributed by atoms with Crippen molar-refractivity contribution in [3.8, 4) is 0 Å². The van der Waals surface area contributed by atoms with Gasteiger partial charge in [-0.1, -0.05) is 23.7 Å². The first-order valence-corrected chi connectivity index (χ1v) is 7.30. The lowest BCUT2D eigenvalue weighted by atomic mass is 10.0. The molecule has 1 aromatic rings. The lowest BCUT2D eigenvalue weighted by Gasteiger charge is -2.13. The molecule has 1 aromatic carbocycles. The molecule has 0 aliphatic carbocycles. The summed E-state index contributed by atoms with van der Waals surface area (Å²) in [6.45, 7) is 0. The summed E-state index contributed by atoms with van der Waals surface area (Å²) < 4.78 is 14.8. The highest BCUT2D eigenvalue weighted by molar-refractivity contribution is 7.32. The van der Waals surface area contributed by atoms with Crippen LogP contribution in [0.15, 0.2) is 42.7 Å². The fraction of sp³-hybridized carbons (Fsp3) is 0.154. The minimum absolute atomic E-state index is 0.200. The van der Waals surface area contributed by atoms with Crippen LogP contribution in [0.25, 0.3) is 5.57 Å². The molecule has 20 heavy (non-hydrogen) atoms. The highest BCUT2D eigenvalue weighted by Crippen LogP contribution is 2.20. The molecule has 1 N–H and O–H groups in total. The Balaban J connectivity index is 3.05. The molecule has 1 atom stereocenters. The second kappa shape index (κ2) is 7.90. The molecule has 1 amide bonds. The largest absolute Gasteiger partial charge is 0.434 e. The van der Waals surface area contributed by atoms with Crippen LogP contribution >= 0.6 is 19.9 Å². The summed E-state index contributed by atoms with van der Waals surface area (Å²) in [6, 6.07) is 6.80. The number of carbonyl (C=O) groups excluding carboxylic acids is 1. The van der Waals surface area contributed by atoms with Gasteiger partial charge in [-0.15, -0.1) is 0 Å². The Labute approximate surface area is 123 Å². The van der Waals surface area contributed by atoms with E-state index in [2.05, 4.69) is 4.52 Å². The van der Waals surface area contributed by atoms with Crippen LogP contribution in [0.4, 0.5) is 0 Å². The fourth-order valence-electron chi connectivity index (χ4n) is 1.39. The number of hydrogen-bond acceptors (Lipinski definition) is 3. The topological polar surface area (TPSA) is 66.8 Å². The number of carbonyl (C=O) groups is 1. The molecule has 7 heteroatoms. The van der Waals surface area contributed by atoms with Gasteiger partial charge in [-0.2, -0.15) is 0 Å². The third-order valence-electron chi connectivity index (χ3n) is 2.30. The SMILES string of the molecule is CN(C)C(=O)/C(=C\C=C\O[PH](=O)O)c1ccc(Cl)cc1. The highest BCUT2D eigenvalue weighted by Gasteiger charge is 2.13. The first-order valence-electron chi connectivity index (χ1n) is 5.66. The van der Waals surface area contributed by atoms with E-state index < -0.39 is 8.25 Å². The van der Waals surface area contributed by atoms with Crippen LogP contribution in [-0.4, -0.2) is 29.8 Å². The number of hydrogen-bond donors (Lipinski definition) is 1. The van der Waals surface area contributed by atoms with Crippen LogP contribution in [0, 0.1) is 0 Å². The third-order valence-corrected chi connectivity index (χ3v) is 2.89. The standard InChI is InChI=1S/C13H15ClNO4P/c1-15(2)13(16)12(4-3-9-19-20(17)18)10-5-7-11(14)8-6-10/h3-9,20H,1-2H3,(H,17,18)/b9-3+,12-4-. The average Bonchev–Trinajstić information content (AvgIpc) is 2.39. The predicted octanol–water partition coefficient (Wildman–Crippen LogP) is 2.72. The molecule has 0 radical (unpaired) electrons. The van der Waals surface area contributed by atoms with Crippen LogP contribution in [-0.2, 0) is 13.9 Å². The molecule has 0 aliphatic heterocycles. The van der Waals surface area contributed by atoms with Crippen LogP contribution in [0.2, 0.25) is 5.02 Å². The molecule has 0 saturated heterocycles. The minimum Gasteiger partial charge on any atom is -0.434 e. The van der Waals surface area contributed by atoms with Gasteiger partial charge in [0.2, 0.25) is 0 Å². The van der Waals surface area contributed by atoms with Crippen LogP contribution in [0.3, 0.4) is 0 Å². The number of benzene rings is 1. The molecule has 5 nitrogen and oxygen atoms in total. The molecular weight excluding hydrogens is 301 g/mol. The summed E-state index contributed by atoms with van der Waals surface area (Å²) in [5.41, 5.74) is 1.11. The van der Waals surface area contributed by atoms with Gasteiger partial charge in [0.15, 0.2) is 0 Å². The first-order chi connectivity index (χ1) is 9.41. The van der Waals surface area contributed by atoms with E-state index in [4.69, 9.17) is 16.5 Å². The van der Waals surface area contributed by atoms with Gasteiger partial charge < -0.3 is 14.3 Å². The molecular formula is C13H15ClNO4P. The normalized spacial score (nSPS) is 13.3. The van der Waals surface area contributed by atoms with Gasteiger partial charge in [-0.25, -0.2) is 4.57 Å². The van der Waals surface area contributed by atoms with Gasteiger partial charge in [0.1, 0.15) is 0 Å². The van der Waals surface area contributed by atoms with Crippen molar-refractivity contribution in [1.29, 1.82) is 0 Å². The Kier molecular flexibility index (Phi) is 6.52. The predicted molar refractivity (Wildman–Crippen MR) is 79.6 cm³/mol. The van der Waals surface area contributed by atoms with Crippen molar-refractivity contribution >= 4 is 31.3 Å². The molecule has 0 aromatic heterocycles. The van der Waals surface area contributed by atoms with Crippen LogP contribution < -0.4 is 0 Å². The number of likely N-dealkylation sites (N-methyl/N-ethyl adjacent to an activating group) is 1. The van der Waals surface area contributed by atoms with Crippen LogP contribution in [0.5, 0.6) is 0 Å². The van der Waals surface area contributed by atoms with Gasteiger partial charge in [-0.3, -0.25) is 4.79 Å².